The number of aliphatic hydroxyl groups excluding tert-OH is 1. The van der Waals surface area contributed by atoms with Gasteiger partial charge in [0, 0.05) is 31.5 Å². The second-order valence-corrected chi connectivity index (χ2v) is 8.93. The van der Waals surface area contributed by atoms with Crippen LogP contribution in [0.1, 0.15) is 23.3 Å². The predicted octanol–water partition coefficient (Wildman–Crippen LogP) is 3.40. The number of piperidine rings is 1. The van der Waals surface area contributed by atoms with E-state index in [0.29, 0.717) is 23.9 Å². The summed E-state index contributed by atoms with van der Waals surface area (Å²) in [6.07, 6.45) is 1.54. The van der Waals surface area contributed by atoms with Crippen molar-refractivity contribution in [1.82, 2.24) is 14.8 Å². The van der Waals surface area contributed by atoms with Gasteiger partial charge in [-0.1, -0.05) is 24.3 Å². The summed E-state index contributed by atoms with van der Waals surface area (Å²) < 4.78 is 11.8. The Balaban J connectivity index is 1.23. The van der Waals surface area contributed by atoms with E-state index in [2.05, 4.69) is 9.88 Å². The van der Waals surface area contributed by atoms with E-state index in [1.54, 1.807) is 14.1 Å². The number of nitrogens with one attached hydrogen (secondary N) is 1. The normalized spacial score (nSPS) is 16.0. The number of ether oxygens (including phenoxy) is 2. The monoisotopic (exact) mass is 451 g/mol. The van der Waals surface area contributed by atoms with Gasteiger partial charge in [-0.2, -0.15) is 0 Å². The minimum absolute atomic E-state index is 0.0882. The maximum atomic E-state index is 12.2. The largest absolute Gasteiger partial charge is 0.493 e. The molecule has 2 aromatic carbocycles. The van der Waals surface area contributed by atoms with E-state index in [1.807, 2.05) is 54.6 Å². The average Bonchev–Trinajstić information content (AvgIpc) is 3.27. The molecule has 1 aliphatic rings. The topological polar surface area (TPSA) is 78.0 Å². The molecular formula is C26H33N3O4. The van der Waals surface area contributed by atoms with E-state index in [9.17, 15) is 9.90 Å². The first-order valence-corrected chi connectivity index (χ1v) is 11.5. The quantitative estimate of drug-likeness (QED) is 0.521. The smallest absolute Gasteiger partial charge is 0.269 e. The average molecular weight is 452 g/mol. The number of carbonyl (C=O) groups is 1. The molecule has 0 radical (unpaired) electrons. The van der Waals surface area contributed by atoms with E-state index >= 15 is 0 Å². The fraction of sp³-hybridized carbons (Fsp3) is 0.423. The second-order valence-electron chi connectivity index (χ2n) is 8.93. The first kappa shape index (κ1) is 23.1. The number of aliphatic hydroxyl groups is 1. The van der Waals surface area contributed by atoms with E-state index in [0.717, 1.165) is 49.2 Å². The molecule has 2 N–H and O–H groups in total. The molecule has 1 unspecified atom stereocenters. The molecule has 1 saturated heterocycles. The highest BCUT2D eigenvalue weighted by Gasteiger charge is 2.22. The molecule has 33 heavy (non-hydrogen) atoms. The molecule has 7 nitrogen and oxygen atoms in total. The van der Waals surface area contributed by atoms with Crippen molar-refractivity contribution < 1.29 is 19.4 Å². The van der Waals surface area contributed by atoms with Gasteiger partial charge in [0.25, 0.3) is 5.91 Å². The lowest BCUT2D eigenvalue weighted by Crippen LogP contribution is -2.41. The summed E-state index contributed by atoms with van der Waals surface area (Å²) in [6.45, 7) is 3.42. The number of rotatable bonds is 9. The molecule has 176 valence electrons. The van der Waals surface area contributed by atoms with Gasteiger partial charge in [0.15, 0.2) is 0 Å². The predicted molar refractivity (Wildman–Crippen MR) is 129 cm³/mol. The summed E-state index contributed by atoms with van der Waals surface area (Å²) in [5.74, 6) is 2.04. The number of aromatic amines is 1. The van der Waals surface area contributed by atoms with Crippen molar-refractivity contribution in [3.63, 3.8) is 0 Å². The summed E-state index contributed by atoms with van der Waals surface area (Å²) >= 11 is 0. The Morgan fingerprint density at radius 2 is 1.88 bits per heavy atom. The summed E-state index contributed by atoms with van der Waals surface area (Å²) in [5.41, 5.74) is 1.36. The maximum absolute atomic E-state index is 12.2. The summed E-state index contributed by atoms with van der Waals surface area (Å²) in [7, 11) is 3.45. The van der Waals surface area contributed by atoms with Gasteiger partial charge in [-0.15, -0.1) is 0 Å². The number of amides is 1. The van der Waals surface area contributed by atoms with Gasteiger partial charge < -0.3 is 29.4 Å². The lowest BCUT2D eigenvalue weighted by Gasteiger charge is -2.33. The SMILES string of the molecule is CN(C)C(=O)c1cc2c(OCC(O)CN3CCC(COc4ccccc4)CC3)cccc2[nH]1. The van der Waals surface area contributed by atoms with E-state index in [4.69, 9.17) is 9.47 Å². The van der Waals surface area contributed by atoms with Crippen molar-refractivity contribution in [2.24, 2.45) is 5.92 Å². The third-order valence-electron chi connectivity index (χ3n) is 6.10. The van der Waals surface area contributed by atoms with Gasteiger partial charge in [-0.25, -0.2) is 0 Å². The van der Waals surface area contributed by atoms with Gasteiger partial charge in [0.05, 0.1) is 6.61 Å². The number of fused-ring (bicyclic) bond motifs is 1. The first-order chi connectivity index (χ1) is 16.0. The van der Waals surface area contributed by atoms with Crippen LogP contribution in [0.2, 0.25) is 0 Å². The molecule has 1 fully saturated rings. The van der Waals surface area contributed by atoms with Crippen molar-refractivity contribution in [2.45, 2.75) is 18.9 Å². The molecule has 0 saturated carbocycles. The van der Waals surface area contributed by atoms with Crippen molar-refractivity contribution in [2.75, 3.05) is 46.9 Å². The molecule has 0 spiro atoms. The van der Waals surface area contributed by atoms with Crippen LogP contribution in [0.15, 0.2) is 54.6 Å². The van der Waals surface area contributed by atoms with Crippen LogP contribution in [0.4, 0.5) is 0 Å². The second kappa shape index (κ2) is 10.7. The van der Waals surface area contributed by atoms with Crippen LogP contribution in [0.25, 0.3) is 10.9 Å². The van der Waals surface area contributed by atoms with Crippen LogP contribution in [-0.2, 0) is 0 Å². The van der Waals surface area contributed by atoms with Gasteiger partial charge in [-0.3, -0.25) is 4.79 Å². The lowest BCUT2D eigenvalue weighted by molar-refractivity contribution is 0.0507. The number of carbonyl (C=O) groups excluding carboxylic acids is 1. The Labute approximate surface area is 194 Å². The van der Waals surface area contributed by atoms with Crippen LogP contribution in [0.3, 0.4) is 0 Å². The number of β-amino-alcohol motifs (C(OH)–C–C–N with tert-alkyl or cyclic N) is 1. The van der Waals surface area contributed by atoms with E-state index in [1.165, 1.54) is 4.90 Å². The van der Waals surface area contributed by atoms with Gasteiger partial charge in [-0.05, 0) is 62.2 Å². The fourth-order valence-corrected chi connectivity index (χ4v) is 4.21. The number of hydrogen-bond acceptors (Lipinski definition) is 5. The number of likely N-dealkylation sites (tertiary alicyclic amines) is 1. The Morgan fingerprint density at radius 3 is 2.61 bits per heavy atom. The van der Waals surface area contributed by atoms with Gasteiger partial charge in [0.1, 0.15) is 29.9 Å². The molecule has 3 aromatic rings. The Bertz CT molecular complexity index is 1040. The standard InChI is InChI=1S/C26H33N3O4/c1-28(2)26(31)24-15-22-23(27-24)9-6-10-25(22)33-18-20(30)16-29-13-11-19(12-14-29)17-32-21-7-4-3-5-8-21/h3-10,15,19-20,27,30H,11-14,16-18H2,1-2H3. The third-order valence-corrected chi connectivity index (χ3v) is 6.10. The molecule has 7 heteroatoms. The molecular weight excluding hydrogens is 418 g/mol. The minimum atomic E-state index is -0.584. The van der Waals surface area contributed by atoms with Crippen molar-refractivity contribution in [3.8, 4) is 11.5 Å². The van der Waals surface area contributed by atoms with Crippen LogP contribution in [0.5, 0.6) is 11.5 Å². The molecule has 1 atom stereocenters. The summed E-state index contributed by atoms with van der Waals surface area (Å²) in [6, 6.07) is 17.4. The van der Waals surface area contributed by atoms with Crippen molar-refractivity contribution in [1.29, 1.82) is 0 Å². The highest BCUT2D eigenvalue weighted by atomic mass is 16.5. The number of H-pyrrole nitrogens is 1. The zero-order chi connectivity index (χ0) is 23.2. The van der Waals surface area contributed by atoms with Gasteiger partial charge in [0.2, 0.25) is 0 Å². The van der Waals surface area contributed by atoms with Crippen LogP contribution < -0.4 is 9.47 Å². The summed E-state index contributed by atoms with van der Waals surface area (Å²) in [5, 5.41) is 11.4. The zero-order valence-electron chi connectivity index (χ0n) is 19.4. The number of nitrogens with zero attached hydrogens (tertiary/aromatic N) is 2. The van der Waals surface area contributed by atoms with Crippen LogP contribution >= 0.6 is 0 Å². The van der Waals surface area contributed by atoms with Crippen LogP contribution in [-0.4, -0.2) is 78.8 Å². The van der Waals surface area contributed by atoms with E-state index < -0.39 is 6.10 Å². The Morgan fingerprint density at radius 1 is 1.12 bits per heavy atom. The molecule has 4 rings (SSSR count). The summed E-state index contributed by atoms with van der Waals surface area (Å²) in [4.78, 5) is 19.2. The fourth-order valence-electron chi connectivity index (χ4n) is 4.21. The number of para-hydroxylation sites is 1. The number of hydrogen-bond donors (Lipinski definition) is 2. The van der Waals surface area contributed by atoms with Crippen molar-refractivity contribution in [3.05, 3.63) is 60.3 Å². The molecule has 1 amide bonds. The maximum Gasteiger partial charge on any atom is 0.269 e. The number of aromatic nitrogens is 1. The van der Waals surface area contributed by atoms with Crippen LogP contribution in [0, 0.1) is 5.92 Å². The molecule has 1 aromatic heterocycles. The Hall–Kier alpha value is -3.03. The molecule has 1 aliphatic heterocycles. The van der Waals surface area contributed by atoms with Crippen molar-refractivity contribution >= 4 is 16.8 Å². The minimum Gasteiger partial charge on any atom is -0.493 e. The molecule has 0 aliphatic carbocycles. The number of benzene rings is 2. The van der Waals surface area contributed by atoms with Gasteiger partial charge >= 0.3 is 0 Å². The highest BCUT2D eigenvalue weighted by Crippen LogP contribution is 2.27. The molecule has 2 heterocycles. The molecule has 0 bridgehead atoms. The third kappa shape index (κ3) is 6.06. The lowest BCUT2D eigenvalue weighted by atomic mass is 9.97. The van der Waals surface area contributed by atoms with E-state index in [-0.39, 0.29) is 12.5 Å². The first-order valence-electron chi connectivity index (χ1n) is 11.5. The zero-order valence-corrected chi connectivity index (χ0v) is 19.4. The highest BCUT2D eigenvalue weighted by molar-refractivity contribution is 5.99. The Kier molecular flexibility index (Phi) is 7.52.